The lowest BCUT2D eigenvalue weighted by Gasteiger charge is -2.21. The van der Waals surface area contributed by atoms with Gasteiger partial charge >= 0.3 is 5.69 Å². The molecule has 2 aromatic rings. The Hall–Kier alpha value is -2.38. The lowest BCUT2D eigenvalue weighted by molar-refractivity contribution is 0.444. The van der Waals surface area contributed by atoms with E-state index in [1.165, 1.54) is 32.7 Å². The minimum absolute atomic E-state index is 0.259. The third-order valence-electron chi connectivity index (χ3n) is 6.23. The standard InChI is InChI=1S/C18H24N6O2/c1-22-14(7-15(25)23(2)18(22)26)24-8-12(10-3-4-10)13(9-24)17-19-16(20-21-17)11-5-6-11/h7,10-13H,3-6,8-9H2,1-2H3,(H,19,20,21)/t12-,13+/m1/s1. The van der Waals surface area contributed by atoms with Crippen molar-refractivity contribution in [2.75, 3.05) is 18.0 Å². The van der Waals surface area contributed by atoms with Crippen molar-refractivity contribution >= 4 is 5.82 Å². The molecule has 2 atom stereocenters. The van der Waals surface area contributed by atoms with Crippen LogP contribution >= 0.6 is 0 Å². The maximum Gasteiger partial charge on any atom is 0.332 e. The predicted molar refractivity (Wildman–Crippen MR) is 96.4 cm³/mol. The number of hydrogen-bond donors (Lipinski definition) is 1. The zero-order valence-corrected chi connectivity index (χ0v) is 15.2. The van der Waals surface area contributed by atoms with Gasteiger partial charge in [-0.3, -0.25) is 19.0 Å². The van der Waals surface area contributed by atoms with Gasteiger partial charge in [0.2, 0.25) is 0 Å². The number of hydrogen-bond acceptors (Lipinski definition) is 5. The monoisotopic (exact) mass is 356 g/mol. The Bertz CT molecular complexity index is 965. The average molecular weight is 356 g/mol. The highest BCUT2D eigenvalue weighted by Gasteiger charge is 2.45. The van der Waals surface area contributed by atoms with E-state index in [2.05, 4.69) is 15.1 Å². The van der Waals surface area contributed by atoms with Gasteiger partial charge in [-0.1, -0.05) is 0 Å². The molecular weight excluding hydrogens is 332 g/mol. The molecule has 138 valence electrons. The summed E-state index contributed by atoms with van der Waals surface area (Å²) in [7, 11) is 3.25. The Morgan fingerprint density at radius 2 is 1.85 bits per heavy atom. The summed E-state index contributed by atoms with van der Waals surface area (Å²) in [5, 5.41) is 7.61. The fraction of sp³-hybridized carbons (Fsp3) is 0.667. The van der Waals surface area contributed by atoms with E-state index < -0.39 is 0 Å². The van der Waals surface area contributed by atoms with Gasteiger partial charge in [0.05, 0.1) is 0 Å². The van der Waals surface area contributed by atoms with Gasteiger partial charge in [-0.15, -0.1) is 0 Å². The molecule has 8 heteroatoms. The molecule has 5 rings (SSSR count). The number of rotatable bonds is 4. The van der Waals surface area contributed by atoms with Crippen molar-refractivity contribution in [2.24, 2.45) is 25.9 Å². The summed E-state index contributed by atoms with van der Waals surface area (Å²) in [5.74, 6) is 4.65. The van der Waals surface area contributed by atoms with Crippen LogP contribution in [0, 0.1) is 11.8 Å². The normalized spacial score (nSPS) is 25.8. The van der Waals surface area contributed by atoms with Crippen molar-refractivity contribution in [1.29, 1.82) is 0 Å². The van der Waals surface area contributed by atoms with Gasteiger partial charge in [-0.05, 0) is 37.5 Å². The van der Waals surface area contributed by atoms with Crippen molar-refractivity contribution in [3.8, 4) is 0 Å². The van der Waals surface area contributed by atoms with Crippen LogP contribution < -0.4 is 16.1 Å². The molecule has 1 aliphatic heterocycles. The van der Waals surface area contributed by atoms with Gasteiger partial charge in [0, 0.05) is 45.1 Å². The van der Waals surface area contributed by atoms with Gasteiger partial charge in [-0.25, -0.2) is 9.78 Å². The molecule has 0 amide bonds. The second-order valence-electron chi connectivity index (χ2n) is 8.11. The second kappa shape index (κ2) is 5.56. The molecule has 2 saturated carbocycles. The van der Waals surface area contributed by atoms with Crippen molar-refractivity contribution in [1.82, 2.24) is 24.3 Å². The second-order valence-corrected chi connectivity index (χ2v) is 8.11. The third-order valence-corrected chi connectivity index (χ3v) is 6.23. The van der Waals surface area contributed by atoms with E-state index in [1.807, 2.05) is 0 Å². The van der Waals surface area contributed by atoms with Gasteiger partial charge < -0.3 is 4.90 Å². The quantitative estimate of drug-likeness (QED) is 0.872. The van der Waals surface area contributed by atoms with Gasteiger partial charge in [-0.2, -0.15) is 5.10 Å². The van der Waals surface area contributed by atoms with Crippen molar-refractivity contribution in [3.05, 3.63) is 38.6 Å². The van der Waals surface area contributed by atoms with Crippen LogP contribution in [0.4, 0.5) is 5.82 Å². The molecule has 0 radical (unpaired) electrons. The first kappa shape index (κ1) is 15.8. The highest BCUT2D eigenvalue weighted by Crippen LogP contribution is 2.48. The molecule has 2 aliphatic carbocycles. The van der Waals surface area contributed by atoms with E-state index in [0.717, 1.165) is 29.3 Å². The Morgan fingerprint density at radius 3 is 2.54 bits per heavy atom. The van der Waals surface area contributed by atoms with Crippen molar-refractivity contribution < 1.29 is 0 Å². The Labute approximate surface area is 150 Å². The number of nitrogens with zero attached hydrogens (tertiary/aromatic N) is 5. The Kier molecular flexibility index (Phi) is 3.39. The molecule has 3 aliphatic rings. The lowest BCUT2D eigenvalue weighted by atomic mass is 9.91. The molecule has 0 unspecified atom stereocenters. The molecule has 0 aromatic carbocycles. The molecule has 3 heterocycles. The van der Waals surface area contributed by atoms with Gasteiger partial charge in [0.15, 0.2) is 5.82 Å². The first-order valence-electron chi connectivity index (χ1n) is 9.47. The van der Waals surface area contributed by atoms with Crippen LogP contribution in [0.2, 0.25) is 0 Å². The van der Waals surface area contributed by atoms with Crippen LogP contribution in [0.1, 0.15) is 49.2 Å². The summed E-state index contributed by atoms with van der Waals surface area (Å²) in [6, 6.07) is 1.57. The first-order chi connectivity index (χ1) is 12.5. The van der Waals surface area contributed by atoms with E-state index in [1.54, 1.807) is 17.7 Å². The topological polar surface area (TPSA) is 88.8 Å². The largest absolute Gasteiger partial charge is 0.357 e. The predicted octanol–water partition coefficient (Wildman–Crippen LogP) is 0.710. The molecule has 1 saturated heterocycles. The molecular formula is C18H24N6O2. The third kappa shape index (κ3) is 2.50. The van der Waals surface area contributed by atoms with E-state index in [-0.39, 0.29) is 17.2 Å². The fourth-order valence-corrected chi connectivity index (χ4v) is 4.31. The Morgan fingerprint density at radius 1 is 1.08 bits per heavy atom. The van der Waals surface area contributed by atoms with E-state index >= 15 is 0 Å². The maximum absolute atomic E-state index is 12.3. The van der Waals surface area contributed by atoms with Crippen LogP contribution in [0.25, 0.3) is 0 Å². The summed E-state index contributed by atoms with van der Waals surface area (Å²) in [5.41, 5.74) is -0.542. The number of aromatic nitrogens is 5. The Balaban J connectivity index is 1.48. The lowest BCUT2D eigenvalue weighted by Crippen LogP contribution is -2.40. The minimum atomic E-state index is -0.283. The molecule has 0 bridgehead atoms. The van der Waals surface area contributed by atoms with Gasteiger partial charge in [0.25, 0.3) is 5.56 Å². The van der Waals surface area contributed by atoms with E-state index in [9.17, 15) is 9.59 Å². The zero-order chi connectivity index (χ0) is 18.0. The van der Waals surface area contributed by atoms with Crippen LogP contribution in [0.15, 0.2) is 15.7 Å². The molecule has 2 aromatic heterocycles. The van der Waals surface area contributed by atoms with Crippen molar-refractivity contribution in [2.45, 2.75) is 37.5 Å². The van der Waals surface area contributed by atoms with E-state index in [0.29, 0.717) is 23.6 Å². The highest BCUT2D eigenvalue weighted by atomic mass is 16.2. The number of H-pyrrole nitrogens is 1. The molecule has 8 nitrogen and oxygen atoms in total. The molecule has 1 N–H and O–H groups in total. The smallest absolute Gasteiger partial charge is 0.332 e. The summed E-state index contributed by atoms with van der Waals surface area (Å²) >= 11 is 0. The van der Waals surface area contributed by atoms with Gasteiger partial charge in [0.1, 0.15) is 11.6 Å². The SMILES string of the molecule is Cn1c(N2C[C@H](c3nc(C4CC4)n[nH]3)[C@@H](C3CC3)C2)cc(=O)n(C)c1=O. The van der Waals surface area contributed by atoms with Crippen LogP contribution in [-0.4, -0.2) is 37.4 Å². The number of anilines is 1. The first-order valence-corrected chi connectivity index (χ1v) is 9.47. The van der Waals surface area contributed by atoms with Crippen LogP contribution in [-0.2, 0) is 14.1 Å². The molecule has 3 fully saturated rings. The summed E-state index contributed by atoms with van der Waals surface area (Å²) in [4.78, 5) is 31.4. The molecule has 26 heavy (non-hydrogen) atoms. The zero-order valence-electron chi connectivity index (χ0n) is 15.2. The van der Waals surface area contributed by atoms with Crippen LogP contribution in [0.3, 0.4) is 0 Å². The van der Waals surface area contributed by atoms with E-state index in [4.69, 9.17) is 4.98 Å². The summed E-state index contributed by atoms with van der Waals surface area (Å²) < 4.78 is 2.72. The number of aromatic amines is 1. The average Bonchev–Trinajstić information content (AvgIpc) is 3.57. The fourth-order valence-electron chi connectivity index (χ4n) is 4.31. The summed E-state index contributed by atoms with van der Waals surface area (Å²) in [6.45, 7) is 1.62. The minimum Gasteiger partial charge on any atom is -0.357 e. The number of nitrogens with one attached hydrogen (secondary N) is 1. The van der Waals surface area contributed by atoms with Crippen molar-refractivity contribution in [3.63, 3.8) is 0 Å². The highest BCUT2D eigenvalue weighted by molar-refractivity contribution is 5.41. The maximum atomic E-state index is 12.3. The van der Waals surface area contributed by atoms with Crippen LogP contribution in [0.5, 0.6) is 0 Å². The summed E-state index contributed by atoms with van der Waals surface area (Å²) in [6.07, 6.45) is 4.90. The molecule has 0 spiro atoms.